The molecule has 42 heavy (non-hydrogen) atoms. The van der Waals surface area contributed by atoms with Crippen molar-refractivity contribution in [3.63, 3.8) is 0 Å². The topological polar surface area (TPSA) is 156 Å². The molecule has 0 radical (unpaired) electrons. The van der Waals surface area contributed by atoms with E-state index in [4.69, 9.17) is 25.4 Å². The fraction of sp³-hybridized carbons (Fsp3) is 0.310. The highest BCUT2D eigenvalue weighted by molar-refractivity contribution is 7.14. The zero-order chi connectivity index (χ0) is 29.9. The Morgan fingerprint density at radius 1 is 1.10 bits per heavy atom. The van der Waals surface area contributed by atoms with Gasteiger partial charge >= 0.3 is 0 Å². The van der Waals surface area contributed by atoms with Gasteiger partial charge in [0.05, 0.1) is 37.2 Å². The number of hydrogen-bond donors (Lipinski definition) is 4. The van der Waals surface area contributed by atoms with E-state index >= 15 is 0 Å². The van der Waals surface area contributed by atoms with Crippen LogP contribution in [-0.4, -0.2) is 66.6 Å². The van der Waals surface area contributed by atoms with E-state index in [0.29, 0.717) is 35.2 Å². The van der Waals surface area contributed by atoms with Crippen LogP contribution in [0, 0.1) is 11.2 Å². The Kier molecular flexibility index (Phi) is 8.52. The van der Waals surface area contributed by atoms with Crippen molar-refractivity contribution in [3.05, 3.63) is 81.8 Å². The zero-order valence-electron chi connectivity index (χ0n) is 22.7. The maximum Gasteiger partial charge on any atom is 0.251 e. The molecule has 2 aromatic carbocycles. The standard InChI is InChI=1S/C29H30FN5O6S/c1-17(23-10-11-24(42-23)26(31)32)34-28(38)22-14-29(39-12-13-40-29)16-35(22)25(36)15-33-27(37)18-2-6-20(7-3-18)41-21-8-4-19(30)5-9-21/h2-11,17,22H,12-16H2,1H3,(H3,31,32)(H,33,37)(H,34,38)/t17?,22-/m0/s1. The monoisotopic (exact) mass is 595 g/mol. The van der Waals surface area contributed by atoms with Gasteiger partial charge in [-0.1, -0.05) is 0 Å². The number of halogens is 1. The lowest BCUT2D eigenvalue weighted by atomic mass is 10.1. The summed E-state index contributed by atoms with van der Waals surface area (Å²) in [5.41, 5.74) is 5.86. The molecule has 5 N–H and O–H groups in total. The number of likely N-dealkylation sites (tertiary alicyclic amines) is 1. The first-order valence-electron chi connectivity index (χ1n) is 13.3. The first-order chi connectivity index (χ1) is 20.1. The zero-order valence-corrected chi connectivity index (χ0v) is 23.5. The summed E-state index contributed by atoms with van der Waals surface area (Å²) in [6.45, 7) is 2.23. The van der Waals surface area contributed by atoms with Crippen molar-refractivity contribution in [2.75, 3.05) is 26.3 Å². The van der Waals surface area contributed by atoms with Gasteiger partial charge in [-0.15, -0.1) is 11.3 Å². The average Bonchev–Trinajstić information content (AvgIpc) is 3.74. The van der Waals surface area contributed by atoms with Gasteiger partial charge in [-0.2, -0.15) is 0 Å². The van der Waals surface area contributed by atoms with Gasteiger partial charge in [0.25, 0.3) is 5.91 Å². The molecule has 1 unspecified atom stereocenters. The smallest absolute Gasteiger partial charge is 0.251 e. The number of hydrogen-bond acceptors (Lipinski definition) is 8. The van der Waals surface area contributed by atoms with Crippen molar-refractivity contribution < 1.29 is 33.0 Å². The molecule has 0 saturated carbocycles. The van der Waals surface area contributed by atoms with Crippen molar-refractivity contribution in [1.82, 2.24) is 15.5 Å². The highest BCUT2D eigenvalue weighted by Gasteiger charge is 2.52. The van der Waals surface area contributed by atoms with Gasteiger partial charge in [0, 0.05) is 16.9 Å². The molecule has 2 fully saturated rings. The van der Waals surface area contributed by atoms with Crippen LogP contribution in [-0.2, 0) is 19.1 Å². The number of nitrogens with two attached hydrogens (primary N) is 1. The number of nitrogens with zero attached hydrogens (tertiary/aromatic N) is 1. The minimum Gasteiger partial charge on any atom is -0.457 e. The van der Waals surface area contributed by atoms with Crippen molar-refractivity contribution in [1.29, 1.82) is 5.41 Å². The Hall–Kier alpha value is -4.33. The van der Waals surface area contributed by atoms with Gasteiger partial charge < -0.3 is 35.5 Å². The summed E-state index contributed by atoms with van der Waals surface area (Å²) in [6, 6.07) is 14.1. The molecule has 3 amide bonds. The molecule has 1 spiro atoms. The van der Waals surface area contributed by atoms with Gasteiger partial charge in [0.15, 0.2) is 5.79 Å². The normalized spacial score (nSPS) is 18.0. The Morgan fingerprint density at radius 3 is 2.36 bits per heavy atom. The lowest BCUT2D eigenvalue weighted by Crippen LogP contribution is -2.49. The maximum absolute atomic E-state index is 13.4. The summed E-state index contributed by atoms with van der Waals surface area (Å²) < 4.78 is 30.3. The lowest BCUT2D eigenvalue weighted by molar-refractivity contribution is -0.152. The summed E-state index contributed by atoms with van der Waals surface area (Å²) >= 11 is 1.31. The number of ether oxygens (including phenoxy) is 3. The van der Waals surface area contributed by atoms with E-state index in [1.807, 2.05) is 6.92 Å². The van der Waals surface area contributed by atoms with Crippen LogP contribution in [0.25, 0.3) is 0 Å². The molecule has 3 aromatic rings. The second-order valence-corrected chi connectivity index (χ2v) is 11.1. The van der Waals surface area contributed by atoms with Crippen LogP contribution in [0.4, 0.5) is 4.39 Å². The molecule has 2 aliphatic rings. The number of rotatable bonds is 9. The van der Waals surface area contributed by atoms with Gasteiger partial charge in [-0.3, -0.25) is 19.8 Å². The van der Waals surface area contributed by atoms with Gasteiger partial charge in [0.1, 0.15) is 29.2 Å². The first kappa shape index (κ1) is 29.2. The summed E-state index contributed by atoms with van der Waals surface area (Å²) in [7, 11) is 0. The summed E-state index contributed by atoms with van der Waals surface area (Å²) in [5.74, 6) is -1.92. The molecule has 2 atom stereocenters. The third kappa shape index (κ3) is 6.59. The molecule has 220 valence electrons. The number of carbonyl (C=O) groups is 3. The van der Waals surface area contributed by atoms with E-state index in [1.165, 1.54) is 40.5 Å². The predicted octanol–water partition coefficient (Wildman–Crippen LogP) is 2.91. The van der Waals surface area contributed by atoms with E-state index in [9.17, 15) is 18.8 Å². The van der Waals surface area contributed by atoms with Crippen LogP contribution >= 0.6 is 11.3 Å². The Balaban J connectivity index is 1.20. The molecule has 0 aliphatic carbocycles. The number of benzene rings is 2. The number of nitrogens with one attached hydrogen (secondary N) is 3. The van der Waals surface area contributed by atoms with Crippen molar-refractivity contribution in [2.45, 2.75) is 31.2 Å². The van der Waals surface area contributed by atoms with Crippen molar-refractivity contribution in [2.24, 2.45) is 5.73 Å². The molecular weight excluding hydrogens is 565 g/mol. The maximum atomic E-state index is 13.4. The molecular formula is C29H30FN5O6S. The van der Waals surface area contributed by atoms with Crippen LogP contribution in [0.1, 0.15) is 39.5 Å². The Labute approximate surface area is 245 Å². The quantitative estimate of drug-likeness (QED) is 0.219. The second kappa shape index (κ2) is 12.3. The van der Waals surface area contributed by atoms with Crippen LogP contribution in [0.15, 0.2) is 60.7 Å². The molecule has 2 aliphatic heterocycles. The van der Waals surface area contributed by atoms with Crippen molar-refractivity contribution in [3.8, 4) is 11.5 Å². The lowest BCUT2D eigenvalue weighted by Gasteiger charge is -2.25. The molecule has 2 saturated heterocycles. The molecule has 3 heterocycles. The fourth-order valence-electron chi connectivity index (χ4n) is 4.83. The highest BCUT2D eigenvalue weighted by Crippen LogP contribution is 2.35. The number of carbonyl (C=O) groups excluding carboxylic acids is 3. The minimum absolute atomic E-state index is 0.0499. The largest absolute Gasteiger partial charge is 0.457 e. The number of nitrogen functional groups attached to an aromatic ring is 1. The van der Waals surface area contributed by atoms with Gasteiger partial charge in [-0.05, 0) is 67.6 Å². The summed E-state index contributed by atoms with van der Waals surface area (Å²) in [4.78, 5) is 42.2. The molecule has 1 aromatic heterocycles. The molecule has 5 rings (SSSR count). The first-order valence-corrected chi connectivity index (χ1v) is 14.1. The predicted molar refractivity (Wildman–Crippen MR) is 152 cm³/mol. The van der Waals surface area contributed by atoms with Crippen molar-refractivity contribution >= 4 is 34.9 Å². The second-order valence-electron chi connectivity index (χ2n) is 9.96. The van der Waals surface area contributed by atoms with Crippen LogP contribution in [0.2, 0.25) is 0 Å². The van der Waals surface area contributed by atoms with E-state index in [-0.39, 0.29) is 43.1 Å². The van der Waals surface area contributed by atoms with E-state index in [0.717, 1.165) is 4.88 Å². The molecule has 13 heteroatoms. The van der Waals surface area contributed by atoms with E-state index < -0.39 is 23.6 Å². The SMILES string of the molecule is CC(NC(=O)[C@@H]1CC2(CN1C(=O)CNC(=O)c1ccc(Oc3ccc(F)cc3)cc1)OCCO2)c1ccc(C(=N)N)s1. The molecule has 11 nitrogen and oxygen atoms in total. The number of thiophene rings is 1. The number of amides is 3. The minimum atomic E-state index is -1.07. The van der Waals surface area contributed by atoms with Gasteiger partial charge in [0.2, 0.25) is 11.8 Å². The number of amidine groups is 1. The van der Waals surface area contributed by atoms with E-state index in [2.05, 4.69) is 10.6 Å². The Morgan fingerprint density at radius 2 is 1.74 bits per heavy atom. The summed E-state index contributed by atoms with van der Waals surface area (Å²) in [6.07, 6.45) is 0.157. The summed E-state index contributed by atoms with van der Waals surface area (Å²) in [5, 5.41) is 13.1. The Bertz CT molecular complexity index is 1470. The van der Waals surface area contributed by atoms with E-state index in [1.54, 1.807) is 36.4 Å². The third-order valence-corrected chi connectivity index (χ3v) is 8.27. The van der Waals surface area contributed by atoms with Crippen LogP contribution in [0.5, 0.6) is 11.5 Å². The third-order valence-electron chi connectivity index (χ3n) is 6.97. The fourth-order valence-corrected chi connectivity index (χ4v) is 5.70. The van der Waals surface area contributed by atoms with Crippen LogP contribution in [0.3, 0.4) is 0 Å². The van der Waals surface area contributed by atoms with Crippen LogP contribution < -0.4 is 21.1 Å². The molecule has 0 bridgehead atoms. The average molecular weight is 596 g/mol. The van der Waals surface area contributed by atoms with Gasteiger partial charge in [-0.25, -0.2) is 4.39 Å². The highest BCUT2D eigenvalue weighted by atomic mass is 32.1.